The lowest BCUT2D eigenvalue weighted by atomic mass is 9.70. The van der Waals surface area contributed by atoms with Gasteiger partial charge in [-0.05, 0) is 130 Å². The molecule has 0 saturated carbocycles. The molecular weight excluding hydrogens is 749 g/mol. The molecule has 1 heterocycles. The monoisotopic (exact) mass is 786 g/mol. The molecule has 62 heavy (non-hydrogen) atoms. The highest BCUT2D eigenvalue weighted by Gasteiger charge is 2.52. The van der Waals surface area contributed by atoms with Gasteiger partial charge in [0.25, 0.3) is 0 Å². The fourth-order valence-electron chi connectivity index (χ4n) is 11.0. The third-order valence-electron chi connectivity index (χ3n) is 13.5. The van der Waals surface area contributed by atoms with Crippen LogP contribution in [-0.2, 0) is 5.41 Å². The highest BCUT2D eigenvalue weighted by atomic mass is 16.3. The minimum absolute atomic E-state index is 0.394. The topological polar surface area (TPSA) is 13.1 Å². The fraction of sp³-hybridized carbons (Fsp3) is 0.0164. The zero-order valence-electron chi connectivity index (χ0n) is 33.8. The summed E-state index contributed by atoms with van der Waals surface area (Å²) in [5.74, 6) is 0. The standard InChI is InChI=1S/C61H38O/c1-2-16-39(17-3-1)36-51(43-33-34-57-52(38-43)60-45-22-5-4-18-40(45)32-35-58(60)62-57)42-20-14-19-41(37-42)44-21-6-7-23-46(44)49-27-15-31-56-59(49)50-26-10-13-30-55(50)61(56)53-28-11-8-24-47(53)48-25-9-12-29-54(48)61/h1-38H/b51-36-. The molecule has 0 aliphatic heterocycles. The van der Waals surface area contributed by atoms with Crippen LogP contribution in [0.15, 0.2) is 229 Å². The van der Waals surface area contributed by atoms with Crippen molar-refractivity contribution in [2.24, 2.45) is 0 Å². The molecule has 1 heteroatoms. The lowest BCUT2D eigenvalue weighted by Gasteiger charge is -2.30. The molecule has 0 unspecified atom stereocenters. The van der Waals surface area contributed by atoms with Crippen molar-refractivity contribution >= 4 is 44.4 Å². The minimum Gasteiger partial charge on any atom is -0.456 e. The Balaban J connectivity index is 0.998. The van der Waals surface area contributed by atoms with E-state index in [1.807, 2.05) is 0 Å². The second-order valence-electron chi connectivity index (χ2n) is 16.7. The Morgan fingerprint density at radius 2 is 0.952 bits per heavy atom. The molecule has 1 aromatic heterocycles. The van der Waals surface area contributed by atoms with E-state index in [0.29, 0.717) is 0 Å². The normalized spacial score (nSPS) is 13.4. The quantitative estimate of drug-likeness (QED) is 0.158. The zero-order chi connectivity index (χ0) is 40.8. The summed E-state index contributed by atoms with van der Waals surface area (Å²) < 4.78 is 6.45. The van der Waals surface area contributed by atoms with Gasteiger partial charge in [0, 0.05) is 10.8 Å². The van der Waals surface area contributed by atoms with Gasteiger partial charge in [0.2, 0.25) is 0 Å². The van der Waals surface area contributed by atoms with E-state index in [1.54, 1.807) is 0 Å². The van der Waals surface area contributed by atoms with Crippen LogP contribution in [0.1, 0.15) is 38.9 Å². The number of fused-ring (bicyclic) bond motifs is 15. The molecule has 11 aromatic rings. The van der Waals surface area contributed by atoms with Crippen LogP contribution in [0.25, 0.3) is 88.9 Å². The fourth-order valence-corrected chi connectivity index (χ4v) is 11.0. The van der Waals surface area contributed by atoms with Gasteiger partial charge in [-0.15, -0.1) is 0 Å². The van der Waals surface area contributed by atoms with Crippen LogP contribution in [-0.4, -0.2) is 0 Å². The number of hydrogen-bond acceptors (Lipinski definition) is 1. The van der Waals surface area contributed by atoms with Gasteiger partial charge in [-0.1, -0.05) is 200 Å². The van der Waals surface area contributed by atoms with Crippen LogP contribution in [0.2, 0.25) is 0 Å². The highest BCUT2D eigenvalue weighted by Crippen LogP contribution is 2.64. The molecule has 0 N–H and O–H groups in total. The van der Waals surface area contributed by atoms with Gasteiger partial charge in [0.1, 0.15) is 11.2 Å². The number of benzene rings is 10. The maximum absolute atomic E-state index is 6.45. The lowest BCUT2D eigenvalue weighted by molar-refractivity contribution is 0.669. The molecule has 0 atom stereocenters. The van der Waals surface area contributed by atoms with Crippen LogP contribution in [0, 0.1) is 0 Å². The maximum Gasteiger partial charge on any atom is 0.136 e. The van der Waals surface area contributed by atoms with E-state index in [1.165, 1.54) is 77.5 Å². The third kappa shape index (κ3) is 4.97. The van der Waals surface area contributed by atoms with Gasteiger partial charge < -0.3 is 4.42 Å². The molecule has 0 radical (unpaired) electrons. The Hall–Kier alpha value is -8.00. The largest absolute Gasteiger partial charge is 0.456 e. The van der Waals surface area contributed by atoms with Crippen LogP contribution in [0.4, 0.5) is 0 Å². The summed E-state index contributed by atoms with van der Waals surface area (Å²) >= 11 is 0. The zero-order valence-corrected chi connectivity index (χ0v) is 33.8. The first-order chi connectivity index (χ1) is 30.8. The van der Waals surface area contributed by atoms with Crippen molar-refractivity contribution in [2.75, 3.05) is 0 Å². The second kappa shape index (κ2) is 13.5. The van der Waals surface area contributed by atoms with Crippen molar-refractivity contribution in [3.8, 4) is 44.5 Å². The van der Waals surface area contributed by atoms with Gasteiger partial charge in [-0.25, -0.2) is 0 Å². The third-order valence-corrected chi connectivity index (χ3v) is 13.5. The summed E-state index contributed by atoms with van der Waals surface area (Å²) in [6, 6.07) is 82.4. The van der Waals surface area contributed by atoms with Crippen LogP contribution in [0.5, 0.6) is 0 Å². The molecule has 1 spiro atoms. The first-order valence-electron chi connectivity index (χ1n) is 21.5. The van der Waals surface area contributed by atoms with Crippen LogP contribution < -0.4 is 0 Å². The Kier molecular flexibility index (Phi) is 7.59. The van der Waals surface area contributed by atoms with Crippen molar-refractivity contribution in [1.29, 1.82) is 0 Å². The molecule has 2 aliphatic carbocycles. The van der Waals surface area contributed by atoms with E-state index in [4.69, 9.17) is 4.42 Å². The molecule has 13 rings (SSSR count). The number of furan rings is 1. The molecule has 1 nitrogen and oxygen atoms in total. The molecule has 0 amide bonds. The molecule has 288 valence electrons. The Morgan fingerprint density at radius 1 is 0.371 bits per heavy atom. The average Bonchev–Trinajstić information content (AvgIpc) is 3.98. The average molecular weight is 787 g/mol. The summed E-state index contributed by atoms with van der Waals surface area (Å²) in [6.07, 6.45) is 2.32. The highest BCUT2D eigenvalue weighted by molar-refractivity contribution is 6.19. The van der Waals surface area contributed by atoms with Gasteiger partial charge in [0.15, 0.2) is 0 Å². The van der Waals surface area contributed by atoms with E-state index in [9.17, 15) is 0 Å². The number of hydrogen-bond donors (Lipinski definition) is 0. The maximum atomic E-state index is 6.45. The van der Waals surface area contributed by atoms with Crippen LogP contribution >= 0.6 is 0 Å². The van der Waals surface area contributed by atoms with Crippen molar-refractivity contribution < 1.29 is 4.42 Å². The van der Waals surface area contributed by atoms with Crippen LogP contribution in [0.3, 0.4) is 0 Å². The van der Waals surface area contributed by atoms with E-state index >= 15 is 0 Å². The first-order valence-corrected chi connectivity index (χ1v) is 21.5. The Morgan fingerprint density at radius 3 is 1.74 bits per heavy atom. The molecule has 10 aromatic carbocycles. The lowest BCUT2D eigenvalue weighted by Crippen LogP contribution is -2.25. The predicted molar refractivity (Wildman–Crippen MR) is 258 cm³/mol. The summed E-state index contributed by atoms with van der Waals surface area (Å²) in [6.45, 7) is 0. The first kappa shape index (κ1) is 34.8. The minimum atomic E-state index is -0.394. The van der Waals surface area contributed by atoms with E-state index in [-0.39, 0.29) is 0 Å². The van der Waals surface area contributed by atoms with Crippen molar-refractivity contribution in [1.82, 2.24) is 0 Å². The van der Waals surface area contributed by atoms with Gasteiger partial charge in [-0.2, -0.15) is 0 Å². The van der Waals surface area contributed by atoms with E-state index < -0.39 is 5.41 Å². The Labute approximate surface area is 360 Å². The summed E-state index contributed by atoms with van der Waals surface area (Å²) in [5, 5.41) is 4.69. The SMILES string of the molecule is C(=C(\c1cccc(-c2ccccc2-c2cccc3c2-c2ccccc2C32c3ccccc3-c3ccccc32)c1)c1ccc2oc3ccc4ccccc4c3c2c1)/c1ccccc1. The van der Waals surface area contributed by atoms with Gasteiger partial charge in [-0.3, -0.25) is 0 Å². The van der Waals surface area contributed by atoms with Crippen molar-refractivity contribution in [3.05, 3.63) is 263 Å². The molecule has 2 aliphatic rings. The molecule has 0 bridgehead atoms. The molecule has 0 fully saturated rings. The summed E-state index contributed by atoms with van der Waals surface area (Å²) in [7, 11) is 0. The summed E-state index contributed by atoms with van der Waals surface area (Å²) in [5.41, 5.74) is 21.5. The predicted octanol–water partition coefficient (Wildman–Crippen LogP) is 16.0. The Bertz CT molecular complexity index is 3590. The smallest absolute Gasteiger partial charge is 0.136 e. The van der Waals surface area contributed by atoms with Crippen molar-refractivity contribution in [3.63, 3.8) is 0 Å². The van der Waals surface area contributed by atoms with Gasteiger partial charge >= 0.3 is 0 Å². The van der Waals surface area contributed by atoms with Crippen molar-refractivity contribution in [2.45, 2.75) is 5.41 Å². The van der Waals surface area contributed by atoms with E-state index in [2.05, 4.69) is 231 Å². The molecule has 0 saturated heterocycles. The molecular formula is C61H38O. The van der Waals surface area contributed by atoms with E-state index in [0.717, 1.165) is 44.2 Å². The van der Waals surface area contributed by atoms with Gasteiger partial charge in [0.05, 0.1) is 5.41 Å². The second-order valence-corrected chi connectivity index (χ2v) is 16.7. The summed E-state index contributed by atoms with van der Waals surface area (Å²) in [4.78, 5) is 0. The number of rotatable bonds is 5.